The highest BCUT2D eigenvalue weighted by atomic mass is 127. The predicted octanol–water partition coefficient (Wildman–Crippen LogP) is 2.50. The first kappa shape index (κ1) is 11.9. The van der Waals surface area contributed by atoms with Crippen molar-refractivity contribution in [3.63, 3.8) is 0 Å². The van der Waals surface area contributed by atoms with Gasteiger partial charge >= 0.3 is 0 Å². The number of hydrogen-bond acceptors (Lipinski definition) is 2. The van der Waals surface area contributed by atoms with E-state index in [0.717, 1.165) is 11.8 Å². The van der Waals surface area contributed by atoms with Crippen LogP contribution < -0.4 is 5.32 Å². The molecular weight excluding hydrogens is 323 g/mol. The van der Waals surface area contributed by atoms with Crippen molar-refractivity contribution in [3.05, 3.63) is 33.4 Å². The molecular formula is C14H19IN2. The summed E-state index contributed by atoms with van der Waals surface area (Å²) in [6, 6.07) is 9.55. The van der Waals surface area contributed by atoms with Gasteiger partial charge in [0.1, 0.15) is 0 Å². The van der Waals surface area contributed by atoms with Gasteiger partial charge in [0.05, 0.1) is 0 Å². The largest absolute Gasteiger partial charge is 0.316 e. The van der Waals surface area contributed by atoms with Gasteiger partial charge in [0, 0.05) is 22.7 Å². The first-order valence-electron chi connectivity index (χ1n) is 6.44. The Hall–Kier alpha value is -0.130. The maximum absolute atomic E-state index is 3.50. The van der Waals surface area contributed by atoms with Gasteiger partial charge in [-0.1, -0.05) is 12.1 Å². The Bertz CT molecular complexity index is 378. The molecule has 17 heavy (non-hydrogen) atoms. The lowest BCUT2D eigenvalue weighted by molar-refractivity contribution is 0.244. The Balaban J connectivity index is 1.70. The molecule has 0 radical (unpaired) electrons. The van der Waals surface area contributed by atoms with Gasteiger partial charge < -0.3 is 5.32 Å². The number of hydrogen-bond donors (Lipinski definition) is 1. The van der Waals surface area contributed by atoms with Gasteiger partial charge in [-0.15, -0.1) is 0 Å². The Kier molecular flexibility index (Phi) is 3.41. The summed E-state index contributed by atoms with van der Waals surface area (Å²) in [5, 5.41) is 3.50. The average Bonchev–Trinajstić information content (AvgIpc) is 2.89. The third-order valence-electron chi connectivity index (χ3n) is 4.32. The second kappa shape index (κ2) is 4.86. The maximum Gasteiger partial charge on any atom is 0.0320 e. The van der Waals surface area contributed by atoms with Crippen LogP contribution in [0.1, 0.15) is 18.5 Å². The first-order valence-corrected chi connectivity index (χ1v) is 7.52. The fourth-order valence-electron chi connectivity index (χ4n) is 3.16. The third-order valence-corrected chi connectivity index (χ3v) is 5.04. The molecule has 2 aliphatic rings. The van der Waals surface area contributed by atoms with Crippen LogP contribution in [0.2, 0.25) is 0 Å². The zero-order chi connectivity index (χ0) is 11.8. The average molecular weight is 342 g/mol. The van der Waals surface area contributed by atoms with E-state index >= 15 is 0 Å². The SMILES string of the molecule is CC(c1ccc(I)cc1)N1CC2CNCC2C1. The lowest BCUT2D eigenvalue weighted by atomic mass is 10.0. The molecule has 0 aromatic heterocycles. The van der Waals surface area contributed by atoms with E-state index in [2.05, 4.69) is 64.0 Å². The van der Waals surface area contributed by atoms with Crippen LogP contribution in [-0.2, 0) is 0 Å². The fourth-order valence-corrected chi connectivity index (χ4v) is 3.52. The molecule has 2 nitrogen and oxygen atoms in total. The van der Waals surface area contributed by atoms with Crippen LogP contribution in [0.15, 0.2) is 24.3 Å². The van der Waals surface area contributed by atoms with Crippen LogP contribution >= 0.6 is 22.6 Å². The normalized spacial score (nSPS) is 30.5. The Morgan fingerprint density at radius 1 is 1.18 bits per heavy atom. The number of likely N-dealkylation sites (tertiary alicyclic amines) is 1. The van der Waals surface area contributed by atoms with Crippen molar-refractivity contribution < 1.29 is 0 Å². The standard InChI is InChI=1S/C14H19IN2/c1-10(11-2-4-14(15)5-3-11)17-8-12-6-16-7-13(12)9-17/h2-5,10,12-13,16H,6-9H2,1H3. The van der Waals surface area contributed by atoms with E-state index in [4.69, 9.17) is 0 Å². The monoisotopic (exact) mass is 342 g/mol. The Morgan fingerprint density at radius 3 is 2.35 bits per heavy atom. The molecule has 1 aromatic carbocycles. The van der Waals surface area contributed by atoms with Gasteiger partial charge in [-0.05, 0) is 72.1 Å². The van der Waals surface area contributed by atoms with Crippen molar-refractivity contribution in [1.82, 2.24) is 10.2 Å². The van der Waals surface area contributed by atoms with Crippen molar-refractivity contribution in [2.45, 2.75) is 13.0 Å². The second-order valence-electron chi connectivity index (χ2n) is 5.36. The van der Waals surface area contributed by atoms with Crippen LogP contribution in [0.5, 0.6) is 0 Å². The minimum atomic E-state index is 0.567. The predicted molar refractivity (Wildman–Crippen MR) is 79.0 cm³/mol. The van der Waals surface area contributed by atoms with Gasteiger partial charge in [0.25, 0.3) is 0 Å². The molecule has 3 heteroatoms. The molecule has 2 saturated heterocycles. The lowest BCUT2D eigenvalue weighted by Crippen LogP contribution is -2.28. The van der Waals surface area contributed by atoms with Crippen LogP contribution in [0.3, 0.4) is 0 Å². The molecule has 1 aromatic rings. The topological polar surface area (TPSA) is 15.3 Å². The first-order chi connectivity index (χ1) is 8.24. The van der Waals surface area contributed by atoms with Gasteiger partial charge in [-0.3, -0.25) is 4.90 Å². The molecule has 0 bridgehead atoms. The highest BCUT2D eigenvalue weighted by Gasteiger charge is 2.37. The summed E-state index contributed by atoms with van der Waals surface area (Å²) in [6.45, 7) is 7.33. The van der Waals surface area contributed by atoms with Gasteiger partial charge in [0.15, 0.2) is 0 Å². The minimum absolute atomic E-state index is 0.567. The summed E-state index contributed by atoms with van der Waals surface area (Å²) in [5.41, 5.74) is 1.46. The lowest BCUT2D eigenvalue weighted by Gasteiger charge is -2.25. The van der Waals surface area contributed by atoms with Crippen molar-refractivity contribution >= 4 is 22.6 Å². The van der Waals surface area contributed by atoms with E-state index in [9.17, 15) is 0 Å². The number of nitrogens with one attached hydrogen (secondary N) is 1. The van der Waals surface area contributed by atoms with Crippen LogP contribution in [0.25, 0.3) is 0 Å². The molecule has 0 spiro atoms. The van der Waals surface area contributed by atoms with Gasteiger partial charge in [-0.2, -0.15) is 0 Å². The zero-order valence-electron chi connectivity index (χ0n) is 10.2. The van der Waals surface area contributed by atoms with E-state index in [1.165, 1.54) is 35.3 Å². The molecule has 92 valence electrons. The molecule has 2 heterocycles. The molecule has 0 amide bonds. The molecule has 2 aliphatic heterocycles. The highest BCUT2D eigenvalue weighted by molar-refractivity contribution is 14.1. The van der Waals surface area contributed by atoms with E-state index < -0.39 is 0 Å². The summed E-state index contributed by atoms with van der Waals surface area (Å²) < 4.78 is 1.32. The van der Waals surface area contributed by atoms with Crippen molar-refractivity contribution in [3.8, 4) is 0 Å². The van der Waals surface area contributed by atoms with E-state index in [-0.39, 0.29) is 0 Å². The van der Waals surface area contributed by atoms with Gasteiger partial charge in [-0.25, -0.2) is 0 Å². The summed E-state index contributed by atoms with van der Waals surface area (Å²) >= 11 is 2.37. The van der Waals surface area contributed by atoms with Crippen molar-refractivity contribution in [1.29, 1.82) is 0 Å². The molecule has 3 rings (SSSR count). The number of rotatable bonds is 2. The quantitative estimate of drug-likeness (QED) is 0.831. The van der Waals surface area contributed by atoms with Crippen LogP contribution in [0, 0.1) is 15.4 Å². The fraction of sp³-hybridized carbons (Fsp3) is 0.571. The van der Waals surface area contributed by atoms with E-state index in [0.29, 0.717) is 6.04 Å². The second-order valence-corrected chi connectivity index (χ2v) is 6.61. The number of nitrogens with zero attached hydrogens (tertiary/aromatic N) is 1. The molecule has 2 fully saturated rings. The van der Waals surface area contributed by atoms with Crippen molar-refractivity contribution in [2.75, 3.05) is 26.2 Å². The van der Waals surface area contributed by atoms with E-state index in [1.54, 1.807) is 0 Å². The smallest absolute Gasteiger partial charge is 0.0320 e. The summed E-state index contributed by atoms with van der Waals surface area (Å²) in [7, 11) is 0. The maximum atomic E-state index is 3.50. The summed E-state index contributed by atoms with van der Waals surface area (Å²) in [4.78, 5) is 2.65. The summed E-state index contributed by atoms with van der Waals surface area (Å²) in [6.07, 6.45) is 0. The van der Waals surface area contributed by atoms with Gasteiger partial charge in [0.2, 0.25) is 0 Å². The molecule has 3 unspecified atom stereocenters. The number of benzene rings is 1. The molecule has 3 atom stereocenters. The zero-order valence-corrected chi connectivity index (χ0v) is 12.4. The molecule has 0 saturated carbocycles. The van der Waals surface area contributed by atoms with Crippen LogP contribution in [0.4, 0.5) is 0 Å². The Morgan fingerprint density at radius 2 is 1.76 bits per heavy atom. The Labute approximate surface area is 117 Å². The van der Waals surface area contributed by atoms with Crippen molar-refractivity contribution in [2.24, 2.45) is 11.8 Å². The third kappa shape index (κ3) is 2.37. The molecule has 1 N–H and O–H groups in total. The summed E-state index contributed by atoms with van der Waals surface area (Å²) in [5.74, 6) is 1.78. The number of fused-ring (bicyclic) bond motifs is 1. The minimum Gasteiger partial charge on any atom is -0.316 e. The molecule has 0 aliphatic carbocycles. The van der Waals surface area contributed by atoms with Crippen LogP contribution in [-0.4, -0.2) is 31.1 Å². The van der Waals surface area contributed by atoms with E-state index in [1.807, 2.05) is 0 Å². The number of halogens is 1. The highest BCUT2D eigenvalue weighted by Crippen LogP contribution is 2.32.